The van der Waals surface area contributed by atoms with Crippen molar-refractivity contribution in [2.75, 3.05) is 12.4 Å². The van der Waals surface area contributed by atoms with E-state index in [4.69, 9.17) is 10.5 Å². The first-order valence-corrected chi connectivity index (χ1v) is 6.88. The van der Waals surface area contributed by atoms with Gasteiger partial charge in [0.15, 0.2) is 0 Å². The smallest absolute Gasteiger partial charge is 0.275 e. The molecule has 0 aliphatic heterocycles. The van der Waals surface area contributed by atoms with E-state index in [1.165, 1.54) is 18.2 Å². The molecule has 2 aromatic carbocycles. The molecule has 1 amide bonds. The van der Waals surface area contributed by atoms with Crippen molar-refractivity contribution in [2.45, 2.75) is 13.5 Å². The number of ether oxygens (including phenoxy) is 1. The van der Waals surface area contributed by atoms with Gasteiger partial charge in [0.1, 0.15) is 5.75 Å². The number of nitrogens with one attached hydrogen (secondary N) is 1. The van der Waals surface area contributed by atoms with Crippen LogP contribution in [-0.4, -0.2) is 17.9 Å². The number of methoxy groups -OCH3 is 1. The molecule has 2 rings (SSSR count). The molecule has 0 spiro atoms. The van der Waals surface area contributed by atoms with E-state index in [-0.39, 0.29) is 17.8 Å². The maximum atomic E-state index is 11.2. The van der Waals surface area contributed by atoms with Crippen molar-refractivity contribution in [3.63, 3.8) is 0 Å². The van der Waals surface area contributed by atoms with Crippen LogP contribution in [0.15, 0.2) is 36.4 Å². The Labute approximate surface area is 133 Å². The van der Waals surface area contributed by atoms with Gasteiger partial charge >= 0.3 is 0 Å². The van der Waals surface area contributed by atoms with Crippen molar-refractivity contribution in [1.29, 1.82) is 0 Å². The number of nitro groups is 1. The van der Waals surface area contributed by atoms with Gasteiger partial charge in [0.05, 0.1) is 17.7 Å². The predicted molar refractivity (Wildman–Crippen MR) is 86.7 cm³/mol. The van der Waals surface area contributed by atoms with Gasteiger partial charge in [0, 0.05) is 23.7 Å². The quantitative estimate of drug-likeness (QED) is 0.629. The monoisotopic (exact) mass is 315 g/mol. The number of amides is 1. The highest BCUT2D eigenvalue weighted by Crippen LogP contribution is 2.27. The highest BCUT2D eigenvalue weighted by atomic mass is 16.6. The summed E-state index contributed by atoms with van der Waals surface area (Å²) in [5.41, 5.74) is 7.33. The Morgan fingerprint density at radius 2 is 2.04 bits per heavy atom. The van der Waals surface area contributed by atoms with Gasteiger partial charge < -0.3 is 15.8 Å². The van der Waals surface area contributed by atoms with Crippen LogP contribution in [0, 0.1) is 17.0 Å². The lowest BCUT2D eigenvalue weighted by Gasteiger charge is -2.12. The Morgan fingerprint density at radius 1 is 1.30 bits per heavy atom. The molecule has 0 heterocycles. The Kier molecular flexibility index (Phi) is 4.80. The average Bonchev–Trinajstić information content (AvgIpc) is 2.52. The summed E-state index contributed by atoms with van der Waals surface area (Å²) in [5.74, 6) is -0.0556. The number of nitrogens with zero attached hydrogens (tertiary/aromatic N) is 1. The number of benzene rings is 2. The van der Waals surface area contributed by atoms with Crippen LogP contribution in [0.1, 0.15) is 21.5 Å². The zero-order chi connectivity index (χ0) is 17.0. The van der Waals surface area contributed by atoms with Gasteiger partial charge in [0.25, 0.3) is 5.69 Å². The van der Waals surface area contributed by atoms with Crippen LogP contribution in [0.4, 0.5) is 11.4 Å². The van der Waals surface area contributed by atoms with E-state index in [1.807, 2.05) is 25.1 Å². The molecule has 0 bridgehead atoms. The van der Waals surface area contributed by atoms with Gasteiger partial charge in [-0.2, -0.15) is 0 Å². The van der Waals surface area contributed by atoms with E-state index in [0.717, 1.165) is 11.3 Å². The van der Waals surface area contributed by atoms with Crippen LogP contribution in [0.25, 0.3) is 0 Å². The molecule has 0 aliphatic rings. The zero-order valence-electron chi connectivity index (χ0n) is 12.8. The van der Waals surface area contributed by atoms with Crippen LogP contribution < -0.4 is 15.8 Å². The van der Waals surface area contributed by atoms with Crippen LogP contribution in [-0.2, 0) is 6.54 Å². The highest BCUT2D eigenvalue weighted by Gasteiger charge is 2.16. The fourth-order valence-electron chi connectivity index (χ4n) is 2.19. The molecule has 7 nitrogen and oxygen atoms in total. The normalized spacial score (nSPS) is 10.2. The number of primary amides is 1. The molecular weight excluding hydrogens is 298 g/mol. The Balaban J connectivity index is 2.28. The van der Waals surface area contributed by atoms with Crippen molar-refractivity contribution < 1.29 is 14.5 Å². The standard InChI is InChI=1S/C16H17N3O4/c1-10-3-6-15(23-2)13(7-10)18-9-12-5-4-11(16(17)20)8-14(12)19(21)22/h3-8,18H,9H2,1-2H3,(H2,17,20). The Hall–Kier alpha value is -3.09. The summed E-state index contributed by atoms with van der Waals surface area (Å²) in [5, 5.41) is 14.3. The fraction of sp³-hybridized carbons (Fsp3) is 0.188. The van der Waals surface area contributed by atoms with Gasteiger partial charge in [-0.15, -0.1) is 0 Å². The fourth-order valence-corrected chi connectivity index (χ4v) is 2.19. The summed E-state index contributed by atoms with van der Waals surface area (Å²) in [4.78, 5) is 21.8. The van der Waals surface area contributed by atoms with Crippen molar-refractivity contribution in [1.82, 2.24) is 0 Å². The number of nitro benzene ring substituents is 1. The van der Waals surface area contributed by atoms with E-state index >= 15 is 0 Å². The first kappa shape index (κ1) is 16.3. The van der Waals surface area contributed by atoms with Gasteiger partial charge in [-0.05, 0) is 36.8 Å². The lowest BCUT2D eigenvalue weighted by molar-refractivity contribution is -0.385. The number of rotatable bonds is 6. The van der Waals surface area contributed by atoms with Crippen molar-refractivity contribution in [3.8, 4) is 5.75 Å². The van der Waals surface area contributed by atoms with Crippen LogP contribution in [0.3, 0.4) is 0 Å². The predicted octanol–water partition coefficient (Wildman–Crippen LogP) is 2.62. The lowest BCUT2D eigenvalue weighted by Crippen LogP contribution is -2.12. The number of hydrogen-bond donors (Lipinski definition) is 2. The summed E-state index contributed by atoms with van der Waals surface area (Å²) >= 11 is 0. The van der Waals surface area contributed by atoms with E-state index in [1.54, 1.807) is 7.11 Å². The first-order valence-electron chi connectivity index (χ1n) is 6.88. The van der Waals surface area contributed by atoms with Crippen molar-refractivity contribution in [2.24, 2.45) is 5.73 Å². The number of nitrogens with two attached hydrogens (primary N) is 1. The third kappa shape index (κ3) is 3.76. The molecule has 7 heteroatoms. The second-order valence-electron chi connectivity index (χ2n) is 5.02. The van der Waals surface area contributed by atoms with Crippen molar-refractivity contribution in [3.05, 3.63) is 63.2 Å². The molecule has 0 aliphatic carbocycles. The third-order valence-electron chi connectivity index (χ3n) is 3.39. The van der Waals surface area contributed by atoms with E-state index in [2.05, 4.69) is 5.32 Å². The zero-order valence-corrected chi connectivity index (χ0v) is 12.8. The second-order valence-corrected chi connectivity index (χ2v) is 5.02. The van der Waals surface area contributed by atoms with Crippen LogP contribution >= 0.6 is 0 Å². The number of carbonyl (C=O) groups excluding carboxylic acids is 1. The van der Waals surface area contributed by atoms with E-state index in [9.17, 15) is 14.9 Å². The number of carbonyl (C=O) groups is 1. The molecular formula is C16H17N3O4. The second kappa shape index (κ2) is 6.78. The van der Waals surface area contributed by atoms with Crippen LogP contribution in [0.2, 0.25) is 0 Å². The minimum Gasteiger partial charge on any atom is -0.495 e. The minimum atomic E-state index is -0.701. The molecule has 2 aromatic rings. The van der Waals surface area contributed by atoms with E-state index in [0.29, 0.717) is 11.3 Å². The maximum Gasteiger partial charge on any atom is 0.275 e. The summed E-state index contributed by atoms with van der Waals surface area (Å²) in [7, 11) is 1.56. The van der Waals surface area contributed by atoms with Crippen LogP contribution in [0.5, 0.6) is 5.75 Å². The van der Waals surface area contributed by atoms with Gasteiger partial charge in [-0.3, -0.25) is 14.9 Å². The van der Waals surface area contributed by atoms with Gasteiger partial charge in [0.2, 0.25) is 5.91 Å². The number of hydrogen-bond acceptors (Lipinski definition) is 5. The minimum absolute atomic E-state index is 0.105. The van der Waals surface area contributed by atoms with Crippen molar-refractivity contribution >= 4 is 17.3 Å². The molecule has 0 unspecified atom stereocenters. The SMILES string of the molecule is COc1ccc(C)cc1NCc1ccc(C(N)=O)cc1[N+](=O)[O-]. The highest BCUT2D eigenvalue weighted by molar-refractivity contribution is 5.93. The molecule has 120 valence electrons. The van der Waals surface area contributed by atoms with Gasteiger partial charge in [-0.25, -0.2) is 0 Å². The molecule has 0 saturated heterocycles. The largest absolute Gasteiger partial charge is 0.495 e. The molecule has 0 saturated carbocycles. The third-order valence-corrected chi connectivity index (χ3v) is 3.39. The van der Waals surface area contributed by atoms with Gasteiger partial charge in [-0.1, -0.05) is 6.07 Å². The molecule has 0 aromatic heterocycles. The lowest BCUT2D eigenvalue weighted by atomic mass is 10.1. The molecule has 23 heavy (non-hydrogen) atoms. The summed E-state index contributed by atoms with van der Waals surface area (Å²) < 4.78 is 5.26. The Bertz CT molecular complexity index is 759. The maximum absolute atomic E-state index is 11.2. The number of anilines is 1. The molecule has 0 radical (unpaired) electrons. The first-order chi connectivity index (χ1) is 10.9. The molecule has 0 fully saturated rings. The summed E-state index contributed by atoms with van der Waals surface area (Å²) in [6, 6.07) is 9.80. The Morgan fingerprint density at radius 3 is 2.65 bits per heavy atom. The average molecular weight is 315 g/mol. The summed E-state index contributed by atoms with van der Waals surface area (Å²) in [6.07, 6.45) is 0. The topological polar surface area (TPSA) is 107 Å². The molecule has 0 atom stereocenters. The molecule has 3 N–H and O–H groups in total. The van der Waals surface area contributed by atoms with E-state index < -0.39 is 10.8 Å². The number of aryl methyl sites for hydroxylation is 1. The summed E-state index contributed by atoms with van der Waals surface area (Å²) in [6.45, 7) is 2.16.